The van der Waals surface area contributed by atoms with Crippen LogP contribution >= 0.6 is 23.2 Å². The fourth-order valence-electron chi connectivity index (χ4n) is 3.89. The zero-order valence-corrected chi connectivity index (χ0v) is 18.3. The predicted octanol–water partition coefficient (Wildman–Crippen LogP) is 3.40. The lowest BCUT2D eigenvalue weighted by molar-refractivity contribution is -0.123. The van der Waals surface area contributed by atoms with Gasteiger partial charge in [-0.2, -0.15) is 0 Å². The van der Waals surface area contributed by atoms with Crippen molar-refractivity contribution in [2.75, 3.05) is 18.4 Å². The highest BCUT2D eigenvalue weighted by Gasteiger charge is 2.40. The lowest BCUT2D eigenvalue weighted by Gasteiger charge is -2.40. The molecule has 4 N–H and O–H groups in total. The summed E-state index contributed by atoms with van der Waals surface area (Å²) < 4.78 is 1.41. The molecule has 0 radical (unpaired) electrons. The summed E-state index contributed by atoms with van der Waals surface area (Å²) in [6.07, 6.45) is 1.11. The summed E-state index contributed by atoms with van der Waals surface area (Å²) in [7, 11) is 0. The second-order valence-electron chi connectivity index (χ2n) is 7.73. The molecule has 0 saturated carbocycles. The van der Waals surface area contributed by atoms with Crippen molar-refractivity contribution in [2.24, 2.45) is 5.73 Å². The Hall–Kier alpha value is -2.74. The van der Waals surface area contributed by atoms with Gasteiger partial charge in [0.1, 0.15) is 10.6 Å². The topological polar surface area (TPSA) is 96.2 Å². The second kappa shape index (κ2) is 8.78. The van der Waals surface area contributed by atoms with Crippen molar-refractivity contribution < 1.29 is 4.79 Å². The highest BCUT2D eigenvalue weighted by molar-refractivity contribution is 6.31. The fourth-order valence-corrected chi connectivity index (χ4v) is 4.20. The minimum Gasteiger partial charge on any atom is -0.371 e. The molecule has 0 atom stereocenters. The Labute approximate surface area is 189 Å². The average Bonchev–Trinajstić information content (AvgIpc) is 3.05. The smallest absolute Gasteiger partial charge is 0.290 e. The molecule has 0 unspecified atom stereocenters. The van der Waals surface area contributed by atoms with Gasteiger partial charge in [-0.25, -0.2) is 4.68 Å². The maximum atomic E-state index is 12.6. The number of anilines is 1. The molecular weight excluding hydrogens is 437 g/mol. The molecule has 0 aliphatic carbocycles. The number of piperidine rings is 1. The summed E-state index contributed by atoms with van der Waals surface area (Å²) in [4.78, 5) is 27.0. The minimum atomic E-state index is -0.801. The van der Waals surface area contributed by atoms with Crippen molar-refractivity contribution in [2.45, 2.75) is 24.9 Å². The highest BCUT2D eigenvalue weighted by Crippen LogP contribution is 2.28. The number of aromatic nitrogens is 2. The second-order valence-corrected chi connectivity index (χ2v) is 8.55. The number of carbonyl (C=O) groups is 1. The van der Waals surface area contributed by atoms with Gasteiger partial charge in [0.15, 0.2) is 0 Å². The molecule has 2 heterocycles. The molecular formula is C22H23Cl2N5O2. The van der Waals surface area contributed by atoms with Crippen LogP contribution in [0, 0.1) is 0 Å². The molecule has 2 aromatic carbocycles. The molecule has 9 heteroatoms. The van der Waals surface area contributed by atoms with Gasteiger partial charge in [-0.1, -0.05) is 41.4 Å². The van der Waals surface area contributed by atoms with Crippen molar-refractivity contribution in [1.29, 1.82) is 0 Å². The van der Waals surface area contributed by atoms with Crippen molar-refractivity contribution >= 4 is 34.8 Å². The highest BCUT2D eigenvalue weighted by atomic mass is 35.5. The van der Waals surface area contributed by atoms with Crippen LogP contribution in [-0.2, 0) is 11.3 Å². The maximum absolute atomic E-state index is 12.6. The quantitative estimate of drug-likeness (QED) is 0.526. The zero-order chi connectivity index (χ0) is 22.0. The summed E-state index contributed by atoms with van der Waals surface area (Å²) in [5, 5.41) is 7.17. The summed E-state index contributed by atoms with van der Waals surface area (Å²) in [6.45, 7) is 1.73. The third-order valence-electron chi connectivity index (χ3n) is 5.71. The fraction of sp³-hybridized carbons (Fsp3) is 0.273. The van der Waals surface area contributed by atoms with Crippen LogP contribution in [-0.4, -0.2) is 39.2 Å². The first-order valence-electron chi connectivity index (χ1n) is 9.99. The number of rotatable bonds is 6. The number of benzene rings is 2. The molecule has 3 aromatic rings. The van der Waals surface area contributed by atoms with E-state index < -0.39 is 5.54 Å². The first-order chi connectivity index (χ1) is 14.9. The normalized spacial score (nSPS) is 16.2. The van der Waals surface area contributed by atoms with Gasteiger partial charge in [0, 0.05) is 30.3 Å². The van der Waals surface area contributed by atoms with Crippen LogP contribution in [0.1, 0.15) is 18.5 Å². The molecule has 1 saturated heterocycles. The van der Waals surface area contributed by atoms with Crippen LogP contribution in [0.5, 0.6) is 0 Å². The van der Waals surface area contributed by atoms with E-state index >= 15 is 0 Å². The predicted molar refractivity (Wildman–Crippen MR) is 123 cm³/mol. The van der Waals surface area contributed by atoms with Crippen LogP contribution in [0.15, 0.2) is 59.4 Å². The number of likely N-dealkylation sites (tertiary alicyclic amines) is 1. The van der Waals surface area contributed by atoms with Crippen molar-refractivity contribution in [3.63, 3.8) is 0 Å². The van der Waals surface area contributed by atoms with Gasteiger partial charge in [0.2, 0.25) is 5.91 Å². The van der Waals surface area contributed by atoms with Crippen LogP contribution < -0.4 is 16.6 Å². The Bertz CT molecular complexity index is 1120. The average molecular weight is 460 g/mol. The van der Waals surface area contributed by atoms with E-state index in [9.17, 15) is 9.59 Å². The number of para-hydroxylation sites is 1. The van der Waals surface area contributed by atoms with Crippen LogP contribution in [0.4, 0.5) is 5.69 Å². The molecule has 1 aliphatic heterocycles. The number of nitrogens with zero attached hydrogens (tertiary/aromatic N) is 2. The maximum Gasteiger partial charge on any atom is 0.290 e. The van der Waals surface area contributed by atoms with Gasteiger partial charge < -0.3 is 11.1 Å². The summed E-state index contributed by atoms with van der Waals surface area (Å²) in [5.41, 5.74) is 6.80. The summed E-state index contributed by atoms with van der Waals surface area (Å²) in [6, 6.07) is 16.5. The number of nitrogens with one attached hydrogen (secondary N) is 2. The first kappa shape index (κ1) is 21.5. The molecule has 1 fully saturated rings. The number of hydrogen-bond donors (Lipinski definition) is 3. The van der Waals surface area contributed by atoms with E-state index in [0.29, 0.717) is 48.9 Å². The van der Waals surface area contributed by atoms with Gasteiger partial charge in [0.05, 0.1) is 11.4 Å². The number of hydrogen-bond acceptors (Lipinski definition) is 4. The lowest BCUT2D eigenvalue weighted by atomic mass is 9.86. The molecule has 1 amide bonds. The molecule has 31 heavy (non-hydrogen) atoms. The van der Waals surface area contributed by atoms with Crippen LogP contribution in [0.25, 0.3) is 5.69 Å². The molecule has 1 aliphatic rings. The van der Waals surface area contributed by atoms with E-state index in [-0.39, 0.29) is 16.5 Å². The number of aromatic amines is 1. The van der Waals surface area contributed by atoms with E-state index in [1.54, 1.807) is 24.3 Å². The Morgan fingerprint density at radius 1 is 1.06 bits per heavy atom. The monoisotopic (exact) mass is 459 g/mol. The van der Waals surface area contributed by atoms with Gasteiger partial charge in [0.25, 0.3) is 5.56 Å². The van der Waals surface area contributed by atoms with Crippen molar-refractivity contribution in [1.82, 2.24) is 14.7 Å². The Morgan fingerprint density at radius 2 is 1.71 bits per heavy atom. The van der Waals surface area contributed by atoms with Crippen LogP contribution in [0.3, 0.4) is 0 Å². The van der Waals surface area contributed by atoms with Crippen molar-refractivity contribution in [3.05, 3.63) is 80.7 Å². The SMILES string of the molecule is NC(=O)C1(Nc2ccccc2)CCN(Cc2[nH]n(-c3ccc(Cl)cc3)c(=O)c2Cl)CC1. The Kier molecular flexibility index (Phi) is 6.09. The van der Waals surface area contributed by atoms with Crippen molar-refractivity contribution in [3.8, 4) is 5.69 Å². The molecule has 1 aromatic heterocycles. The molecule has 162 valence electrons. The molecule has 0 bridgehead atoms. The van der Waals surface area contributed by atoms with Gasteiger partial charge >= 0.3 is 0 Å². The van der Waals surface area contributed by atoms with Gasteiger partial charge in [-0.15, -0.1) is 0 Å². The summed E-state index contributed by atoms with van der Waals surface area (Å²) in [5.74, 6) is -0.365. The van der Waals surface area contributed by atoms with Gasteiger partial charge in [-0.05, 0) is 49.2 Å². The zero-order valence-electron chi connectivity index (χ0n) is 16.8. The van der Waals surface area contributed by atoms with E-state index in [4.69, 9.17) is 28.9 Å². The number of H-pyrrole nitrogens is 1. The number of carbonyl (C=O) groups excluding carboxylic acids is 1. The molecule has 4 rings (SSSR count). The Morgan fingerprint density at radius 3 is 2.32 bits per heavy atom. The summed E-state index contributed by atoms with van der Waals surface area (Å²) >= 11 is 12.3. The molecule has 0 spiro atoms. The number of nitrogens with two attached hydrogens (primary N) is 1. The standard InChI is InChI=1S/C22H23Cl2N5O2/c23-15-6-8-17(9-7-15)29-20(30)19(24)18(27-29)14-28-12-10-22(11-13-28,21(25)31)26-16-4-2-1-3-5-16/h1-9,26-27H,10-14H2,(H2,25,31). The van der Waals surface area contributed by atoms with E-state index in [1.165, 1.54) is 4.68 Å². The molecule has 7 nitrogen and oxygen atoms in total. The number of primary amides is 1. The van der Waals surface area contributed by atoms with E-state index in [2.05, 4.69) is 15.3 Å². The van der Waals surface area contributed by atoms with Gasteiger partial charge in [-0.3, -0.25) is 19.6 Å². The lowest BCUT2D eigenvalue weighted by Crippen LogP contribution is -2.57. The number of halogens is 2. The van der Waals surface area contributed by atoms with E-state index in [0.717, 1.165) is 5.69 Å². The van der Waals surface area contributed by atoms with Crippen LogP contribution in [0.2, 0.25) is 10.0 Å². The van der Waals surface area contributed by atoms with E-state index in [1.807, 2.05) is 30.3 Å². The largest absolute Gasteiger partial charge is 0.371 e. The minimum absolute atomic E-state index is 0.157. The first-order valence-corrected chi connectivity index (χ1v) is 10.7. The third kappa shape index (κ3) is 4.49. The third-order valence-corrected chi connectivity index (χ3v) is 6.35. The Balaban J connectivity index is 1.47. The number of amides is 1.